The quantitative estimate of drug-likeness (QED) is 0.763. The minimum absolute atomic E-state index is 0.0719. The fourth-order valence-corrected chi connectivity index (χ4v) is 3.24. The second kappa shape index (κ2) is 6.92. The Balaban J connectivity index is 1.69. The summed E-state index contributed by atoms with van der Waals surface area (Å²) in [5.74, 6) is -1.54. The lowest BCUT2D eigenvalue weighted by Crippen LogP contribution is -2.47. The third kappa shape index (κ3) is 3.33. The monoisotopic (exact) mass is 344 g/mol. The van der Waals surface area contributed by atoms with Gasteiger partial charge in [0.15, 0.2) is 0 Å². The summed E-state index contributed by atoms with van der Waals surface area (Å²) < 4.78 is 1.07. The van der Waals surface area contributed by atoms with Crippen LogP contribution in [0.4, 0.5) is 0 Å². The first-order chi connectivity index (χ1) is 12.0. The molecule has 1 aliphatic heterocycles. The van der Waals surface area contributed by atoms with Gasteiger partial charge in [0.25, 0.3) is 5.56 Å². The van der Waals surface area contributed by atoms with Gasteiger partial charge in [-0.2, -0.15) is 0 Å². The van der Waals surface area contributed by atoms with Crippen LogP contribution in [0.15, 0.2) is 33.9 Å². The summed E-state index contributed by atoms with van der Waals surface area (Å²) in [6, 6.07) is 5.84. The Kier molecular flexibility index (Phi) is 4.69. The number of carboxylic acid groups (broad SMARTS) is 1. The molecule has 132 valence electrons. The maximum Gasteiger partial charge on any atom is 0.328 e. The third-order valence-corrected chi connectivity index (χ3v) is 4.51. The Morgan fingerprint density at radius 3 is 2.76 bits per heavy atom. The number of fused-ring (bicyclic) bond motifs is 1. The van der Waals surface area contributed by atoms with Gasteiger partial charge in [0.1, 0.15) is 0 Å². The molecule has 1 saturated heterocycles. The highest BCUT2D eigenvalue weighted by Gasteiger charge is 2.29. The number of carbonyl (C=O) groups excluding carboxylic acids is 2. The molecule has 0 spiro atoms. The first-order valence-electron chi connectivity index (χ1n) is 8.21. The number of rotatable bonds is 5. The maximum atomic E-state index is 12.4. The van der Waals surface area contributed by atoms with Crippen LogP contribution in [0.25, 0.3) is 10.9 Å². The summed E-state index contributed by atoms with van der Waals surface area (Å²) in [7, 11) is 0. The highest BCUT2D eigenvalue weighted by Crippen LogP contribution is 2.18. The number of nitrogens with zero attached hydrogens (tertiary/aromatic N) is 2. The lowest BCUT2D eigenvalue weighted by molar-refractivity contribution is -0.310. The molecule has 1 fully saturated rings. The van der Waals surface area contributed by atoms with Crippen molar-refractivity contribution in [2.45, 2.75) is 38.3 Å². The minimum atomic E-state index is -1.24. The smallest absolute Gasteiger partial charge is 0.328 e. The highest BCUT2D eigenvalue weighted by molar-refractivity contribution is 5.83. The van der Waals surface area contributed by atoms with Gasteiger partial charge in [-0.3, -0.25) is 14.2 Å². The van der Waals surface area contributed by atoms with Crippen molar-refractivity contribution in [1.82, 2.24) is 14.5 Å². The number of H-pyrrole nitrogens is 1. The van der Waals surface area contributed by atoms with E-state index in [1.807, 2.05) is 0 Å². The number of aromatic amines is 1. The summed E-state index contributed by atoms with van der Waals surface area (Å²) in [5, 5.41) is 11.4. The normalized spacial score (nSPS) is 17.1. The van der Waals surface area contributed by atoms with Gasteiger partial charge in [0.2, 0.25) is 5.91 Å². The van der Waals surface area contributed by atoms with Crippen molar-refractivity contribution >= 4 is 22.8 Å². The molecule has 0 radical (unpaired) electrons. The van der Waals surface area contributed by atoms with Crippen LogP contribution in [-0.4, -0.2) is 38.9 Å². The molecule has 0 saturated carbocycles. The molecule has 1 atom stereocenters. The predicted molar refractivity (Wildman–Crippen MR) is 87.8 cm³/mol. The van der Waals surface area contributed by atoms with Gasteiger partial charge in [0, 0.05) is 19.5 Å². The molecule has 1 aromatic heterocycles. The predicted octanol–water partition coefficient (Wildman–Crippen LogP) is -0.789. The number of benzene rings is 1. The highest BCUT2D eigenvalue weighted by atomic mass is 16.4. The molecular formula is C17H18N3O5-. The van der Waals surface area contributed by atoms with Crippen molar-refractivity contribution in [3.8, 4) is 0 Å². The summed E-state index contributed by atoms with van der Waals surface area (Å²) in [5.41, 5.74) is -0.454. The van der Waals surface area contributed by atoms with Crippen LogP contribution in [0.2, 0.25) is 0 Å². The molecule has 1 amide bonds. The summed E-state index contributed by atoms with van der Waals surface area (Å²) in [6.45, 7) is 0.489. The molecule has 8 heteroatoms. The van der Waals surface area contributed by atoms with Crippen LogP contribution in [0.3, 0.4) is 0 Å². The van der Waals surface area contributed by atoms with E-state index in [9.17, 15) is 24.3 Å². The van der Waals surface area contributed by atoms with Gasteiger partial charge in [0.05, 0.1) is 22.9 Å². The van der Waals surface area contributed by atoms with E-state index in [-0.39, 0.29) is 25.3 Å². The number of carbonyl (C=O) groups is 2. The number of aliphatic carboxylic acids is 1. The van der Waals surface area contributed by atoms with E-state index < -0.39 is 23.3 Å². The van der Waals surface area contributed by atoms with E-state index in [0.717, 1.165) is 4.57 Å². The van der Waals surface area contributed by atoms with Crippen molar-refractivity contribution in [1.29, 1.82) is 0 Å². The van der Waals surface area contributed by atoms with Gasteiger partial charge in [-0.15, -0.1) is 0 Å². The van der Waals surface area contributed by atoms with Crippen molar-refractivity contribution in [3.63, 3.8) is 0 Å². The summed E-state index contributed by atoms with van der Waals surface area (Å²) in [4.78, 5) is 51.6. The number of para-hydroxylation sites is 1. The first-order valence-corrected chi connectivity index (χ1v) is 8.21. The van der Waals surface area contributed by atoms with Crippen LogP contribution in [0.1, 0.15) is 25.7 Å². The Morgan fingerprint density at radius 2 is 2.00 bits per heavy atom. The zero-order chi connectivity index (χ0) is 18.0. The molecule has 2 heterocycles. The minimum Gasteiger partial charge on any atom is -0.548 e. The summed E-state index contributed by atoms with van der Waals surface area (Å²) >= 11 is 0. The van der Waals surface area contributed by atoms with Gasteiger partial charge in [-0.1, -0.05) is 12.1 Å². The number of hydrogen-bond donors (Lipinski definition) is 1. The molecule has 0 bridgehead atoms. The van der Waals surface area contributed by atoms with Gasteiger partial charge >= 0.3 is 5.69 Å². The standard InChI is InChI=1S/C17H19N3O5/c21-14(19-9-3-7-13(19)16(23)24)8-4-10-20-15(22)11-5-1-2-6-12(11)18-17(20)25/h1-2,5-6,13H,3-4,7-10H2,(H,18,25)(H,23,24)/p-1/t13-/m1/s1. The first kappa shape index (κ1) is 16.9. The van der Waals surface area contributed by atoms with Crippen LogP contribution in [0, 0.1) is 0 Å². The van der Waals surface area contributed by atoms with Crippen molar-refractivity contribution in [3.05, 3.63) is 45.1 Å². The van der Waals surface area contributed by atoms with Gasteiger partial charge in [-0.05, 0) is 31.4 Å². The van der Waals surface area contributed by atoms with Gasteiger partial charge in [-0.25, -0.2) is 4.79 Å². The van der Waals surface area contributed by atoms with Crippen LogP contribution >= 0.6 is 0 Å². The number of aromatic nitrogens is 2. The zero-order valence-electron chi connectivity index (χ0n) is 13.6. The van der Waals surface area contributed by atoms with E-state index in [1.54, 1.807) is 24.3 Å². The molecule has 2 aromatic rings. The molecule has 0 unspecified atom stereocenters. The van der Waals surface area contributed by atoms with Crippen molar-refractivity contribution < 1.29 is 14.7 Å². The SMILES string of the molecule is O=C([O-])[C@H]1CCCN1C(=O)CCCn1c(=O)[nH]c2ccccc2c1=O. The third-order valence-electron chi connectivity index (χ3n) is 4.51. The molecule has 0 aliphatic carbocycles. The molecule has 1 N–H and O–H groups in total. The summed E-state index contributed by atoms with van der Waals surface area (Å²) in [6.07, 6.45) is 1.38. The Labute approximate surface area is 142 Å². The van der Waals surface area contributed by atoms with Gasteiger partial charge < -0.3 is 19.8 Å². The Hall–Kier alpha value is -2.90. The Morgan fingerprint density at radius 1 is 1.24 bits per heavy atom. The zero-order valence-corrected chi connectivity index (χ0v) is 13.6. The number of carboxylic acids is 1. The number of hydrogen-bond acceptors (Lipinski definition) is 5. The van der Waals surface area contributed by atoms with E-state index in [1.165, 1.54) is 4.90 Å². The number of amides is 1. The van der Waals surface area contributed by atoms with E-state index in [0.29, 0.717) is 30.3 Å². The largest absolute Gasteiger partial charge is 0.548 e. The number of nitrogens with one attached hydrogen (secondary N) is 1. The lowest BCUT2D eigenvalue weighted by Gasteiger charge is -2.25. The second-order valence-electron chi connectivity index (χ2n) is 6.10. The van der Waals surface area contributed by atoms with E-state index >= 15 is 0 Å². The molecule has 1 aromatic carbocycles. The lowest BCUT2D eigenvalue weighted by atomic mass is 10.2. The van der Waals surface area contributed by atoms with Crippen LogP contribution < -0.4 is 16.4 Å². The topological polar surface area (TPSA) is 115 Å². The van der Waals surface area contributed by atoms with Crippen LogP contribution in [0.5, 0.6) is 0 Å². The second-order valence-corrected chi connectivity index (χ2v) is 6.10. The fourth-order valence-electron chi connectivity index (χ4n) is 3.24. The Bertz CT molecular complexity index is 930. The van der Waals surface area contributed by atoms with E-state index in [2.05, 4.69) is 4.98 Å². The fraction of sp³-hybridized carbons (Fsp3) is 0.412. The van der Waals surface area contributed by atoms with Crippen molar-refractivity contribution in [2.24, 2.45) is 0 Å². The molecule has 8 nitrogen and oxygen atoms in total. The molecule has 25 heavy (non-hydrogen) atoms. The average molecular weight is 344 g/mol. The number of likely N-dealkylation sites (tertiary alicyclic amines) is 1. The maximum absolute atomic E-state index is 12.4. The molecular weight excluding hydrogens is 326 g/mol. The van der Waals surface area contributed by atoms with E-state index in [4.69, 9.17) is 0 Å². The molecule has 3 rings (SSSR count). The average Bonchev–Trinajstić information content (AvgIpc) is 3.08. The van der Waals surface area contributed by atoms with Crippen LogP contribution in [-0.2, 0) is 16.1 Å². The molecule has 1 aliphatic rings. The van der Waals surface area contributed by atoms with Crippen molar-refractivity contribution in [2.75, 3.05) is 6.54 Å².